The van der Waals surface area contributed by atoms with Gasteiger partial charge in [-0.05, 0) is 25.5 Å². The van der Waals surface area contributed by atoms with Crippen molar-refractivity contribution in [1.82, 2.24) is 10.6 Å². The lowest BCUT2D eigenvalue weighted by molar-refractivity contribution is -0.118. The first-order valence-electron chi connectivity index (χ1n) is 5.60. The molecule has 4 nitrogen and oxygen atoms in total. The van der Waals surface area contributed by atoms with E-state index in [1.807, 2.05) is 32.0 Å². The van der Waals surface area contributed by atoms with E-state index >= 15 is 0 Å². The Hall–Kier alpha value is -1.84. The van der Waals surface area contributed by atoms with Crippen LogP contribution in [0.1, 0.15) is 28.4 Å². The van der Waals surface area contributed by atoms with Crippen LogP contribution in [-0.2, 0) is 4.79 Å². The standard InChI is InChI=1S/C13H18N2O2/c1-9-4-5-12(10(2)8-9)13(17)15-7-6-14-11(3)16/h4-5,8H,6-7H2,1-3H3,(H,14,16)(H,15,17). The summed E-state index contributed by atoms with van der Waals surface area (Å²) in [5.41, 5.74) is 2.78. The third-order valence-corrected chi connectivity index (χ3v) is 2.41. The Balaban J connectivity index is 2.50. The number of hydrogen-bond donors (Lipinski definition) is 2. The van der Waals surface area contributed by atoms with Gasteiger partial charge in [-0.25, -0.2) is 0 Å². The summed E-state index contributed by atoms with van der Waals surface area (Å²) in [5, 5.41) is 5.38. The van der Waals surface area contributed by atoms with Gasteiger partial charge in [0.15, 0.2) is 0 Å². The van der Waals surface area contributed by atoms with Crippen LogP contribution in [0.5, 0.6) is 0 Å². The van der Waals surface area contributed by atoms with E-state index in [0.29, 0.717) is 18.7 Å². The lowest BCUT2D eigenvalue weighted by Crippen LogP contribution is -2.33. The molecule has 92 valence electrons. The average molecular weight is 234 g/mol. The molecule has 0 saturated carbocycles. The molecule has 1 aromatic rings. The zero-order chi connectivity index (χ0) is 12.8. The van der Waals surface area contributed by atoms with Gasteiger partial charge in [0.1, 0.15) is 0 Å². The minimum Gasteiger partial charge on any atom is -0.355 e. The summed E-state index contributed by atoms with van der Waals surface area (Å²) in [5.74, 6) is -0.196. The van der Waals surface area contributed by atoms with E-state index in [1.165, 1.54) is 6.92 Å². The third kappa shape index (κ3) is 4.26. The van der Waals surface area contributed by atoms with Gasteiger partial charge >= 0.3 is 0 Å². The normalized spacial score (nSPS) is 9.82. The van der Waals surface area contributed by atoms with Gasteiger partial charge < -0.3 is 10.6 Å². The lowest BCUT2D eigenvalue weighted by atomic mass is 10.1. The van der Waals surface area contributed by atoms with E-state index in [1.54, 1.807) is 0 Å². The van der Waals surface area contributed by atoms with Crippen molar-refractivity contribution >= 4 is 11.8 Å². The summed E-state index contributed by atoms with van der Waals surface area (Å²) in [6.45, 7) is 6.24. The highest BCUT2D eigenvalue weighted by atomic mass is 16.2. The number of aryl methyl sites for hydroxylation is 2. The summed E-state index contributed by atoms with van der Waals surface area (Å²) >= 11 is 0. The maximum Gasteiger partial charge on any atom is 0.251 e. The maximum atomic E-state index is 11.8. The maximum absolute atomic E-state index is 11.8. The number of amides is 2. The van der Waals surface area contributed by atoms with Crippen molar-refractivity contribution in [3.05, 3.63) is 34.9 Å². The molecule has 0 fully saturated rings. The molecule has 0 aromatic heterocycles. The first kappa shape index (κ1) is 13.2. The first-order chi connectivity index (χ1) is 8.00. The van der Waals surface area contributed by atoms with Crippen molar-refractivity contribution in [2.45, 2.75) is 20.8 Å². The molecule has 0 unspecified atom stereocenters. The van der Waals surface area contributed by atoms with Crippen LogP contribution in [0.3, 0.4) is 0 Å². The van der Waals surface area contributed by atoms with E-state index in [-0.39, 0.29) is 11.8 Å². The fourth-order valence-corrected chi connectivity index (χ4v) is 1.58. The molecule has 0 bridgehead atoms. The molecule has 0 atom stereocenters. The van der Waals surface area contributed by atoms with Gasteiger partial charge in [0, 0.05) is 25.6 Å². The van der Waals surface area contributed by atoms with Crippen LogP contribution in [0.15, 0.2) is 18.2 Å². The van der Waals surface area contributed by atoms with Crippen LogP contribution >= 0.6 is 0 Å². The van der Waals surface area contributed by atoms with Gasteiger partial charge in [-0.1, -0.05) is 17.7 Å². The minimum atomic E-state index is -0.104. The molecule has 0 aliphatic heterocycles. The Morgan fingerprint density at radius 3 is 2.35 bits per heavy atom. The summed E-state index contributed by atoms with van der Waals surface area (Å²) in [6.07, 6.45) is 0. The predicted octanol–water partition coefficient (Wildman–Crippen LogP) is 1.17. The van der Waals surface area contributed by atoms with E-state index < -0.39 is 0 Å². The Bertz CT molecular complexity index is 427. The zero-order valence-electron chi connectivity index (χ0n) is 10.5. The molecule has 0 radical (unpaired) electrons. The number of benzene rings is 1. The monoisotopic (exact) mass is 234 g/mol. The number of hydrogen-bond acceptors (Lipinski definition) is 2. The van der Waals surface area contributed by atoms with Crippen LogP contribution in [0.4, 0.5) is 0 Å². The molecule has 0 heterocycles. The summed E-state index contributed by atoms with van der Waals surface area (Å²) in [4.78, 5) is 22.4. The molecule has 4 heteroatoms. The van der Waals surface area contributed by atoms with Crippen LogP contribution in [0.2, 0.25) is 0 Å². The Morgan fingerprint density at radius 2 is 1.76 bits per heavy atom. The highest BCUT2D eigenvalue weighted by molar-refractivity contribution is 5.95. The molecule has 0 aliphatic rings. The van der Waals surface area contributed by atoms with Crippen molar-refractivity contribution < 1.29 is 9.59 Å². The number of rotatable bonds is 4. The third-order valence-electron chi connectivity index (χ3n) is 2.41. The SMILES string of the molecule is CC(=O)NCCNC(=O)c1ccc(C)cc1C. The smallest absolute Gasteiger partial charge is 0.251 e. The summed E-state index contributed by atoms with van der Waals surface area (Å²) in [6, 6.07) is 5.71. The summed E-state index contributed by atoms with van der Waals surface area (Å²) in [7, 11) is 0. The Labute approximate surface area is 101 Å². The van der Waals surface area contributed by atoms with Crippen molar-refractivity contribution in [3.63, 3.8) is 0 Å². The van der Waals surface area contributed by atoms with E-state index in [9.17, 15) is 9.59 Å². The molecular weight excluding hydrogens is 216 g/mol. The van der Waals surface area contributed by atoms with Gasteiger partial charge in [0.2, 0.25) is 5.91 Å². The Kier molecular flexibility index (Phi) is 4.69. The largest absolute Gasteiger partial charge is 0.355 e. The lowest BCUT2D eigenvalue weighted by Gasteiger charge is -2.08. The van der Waals surface area contributed by atoms with Gasteiger partial charge in [-0.2, -0.15) is 0 Å². The molecule has 2 amide bonds. The van der Waals surface area contributed by atoms with Gasteiger partial charge in [-0.3, -0.25) is 9.59 Å². The van der Waals surface area contributed by atoms with Gasteiger partial charge in [-0.15, -0.1) is 0 Å². The van der Waals surface area contributed by atoms with Crippen molar-refractivity contribution in [2.24, 2.45) is 0 Å². The van der Waals surface area contributed by atoms with Crippen LogP contribution in [0.25, 0.3) is 0 Å². The van der Waals surface area contributed by atoms with Crippen molar-refractivity contribution in [3.8, 4) is 0 Å². The zero-order valence-corrected chi connectivity index (χ0v) is 10.5. The molecule has 1 rings (SSSR count). The van der Waals surface area contributed by atoms with E-state index in [2.05, 4.69) is 10.6 Å². The molecule has 0 spiro atoms. The predicted molar refractivity (Wildman–Crippen MR) is 66.9 cm³/mol. The minimum absolute atomic E-state index is 0.0919. The average Bonchev–Trinajstić information content (AvgIpc) is 2.23. The van der Waals surface area contributed by atoms with Crippen LogP contribution in [-0.4, -0.2) is 24.9 Å². The molecule has 2 N–H and O–H groups in total. The van der Waals surface area contributed by atoms with Gasteiger partial charge in [0.25, 0.3) is 5.91 Å². The van der Waals surface area contributed by atoms with Gasteiger partial charge in [0.05, 0.1) is 0 Å². The van der Waals surface area contributed by atoms with Crippen molar-refractivity contribution in [1.29, 1.82) is 0 Å². The first-order valence-corrected chi connectivity index (χ1v) is 5.60. The molecule has 1 aromatic carbocycles. The second kappa shape index (κ2) is 6.03. The van der Waals surface area contributed by atoms with E-state index in [4.69, 9.17) is 0 Å². The molecular formula is C13H18N2O2. The van der Waals surface area contributed by atoms with Crippen LogP contribution < -0.4 is 10.6 Å². The topological polar surface area (TPSA) is 58.2 Å². The second-order valence-corrected chi connectivity index (χ2v) is 4.06. The second-order valence-electron chi connectivity index (χ2n) is 4.06. The highest BCUT2D eigenvalue weighted by Crippen LogP contribution is 2.09. The fourth-order valence-electron chi connectivity index (χ4n) is 1.58. The fraction of sp³-hybridized carbons (Fsp3) is 0.385. The van der Waals surface area contributed by atoms with Crippen LogP contribution in [0, 0.1) is 13.8 Å². The molecule has 0 aliphatic carbocycles. The quantitative estimate of drug-likeness (QED) is 0.768. The van der Waals surface area contributed by atoms with Crippen molar-refractivity contribution in [2.75, 3.05) is 13.1 Å². The highest BCUT2D eigenvalue weighted by Gasteiger charge is 2.07. The Morgan fingerprint density at radius 1 is 1.12 bits per heavy atom. The number of nitrogens with one attached hydrogen (secondary N) is 2. The molecule has 0 saturated heterocycles. The number of carbonyl (C=O) groups is 2. The summed E-state index contributed by atoms with van der Waals surface area (Å²) < 4.78 is 0. The van der Waals surface area contributed by atoms with E-state index in [0.717, 1.165) is 11.1 Å². The molecule has 17 heavy (non-hydrogen) atoms. The number of carbonyl (C=O) groups excluding carboxylic acids is 2.